The Kier molecular flexibility index (Phi) is 6.93. The highest BCUT2D eigenvalue weighted by Crippen LogP contribution is 2.35. The molecule has 0 amide bonds. The maximum Gasteiger partial charge on any atom is 0.363 e. The molecule has 2 aromatic carbocycles. The predicted octanol–water partition coefficient (Wildman–Crippen LogP) is 4.99. The molecule has 0 atom stereocenters. The number of carbonyl (C=O) groups excluding carboxylic acids is 1. The second-order valence-electron chi connectivity index (χ2n) is 6.14. The standard InChI is InChI=1S/C20H16ClIN2O6/c1-3-6-29-18-14(22)7-11(9-17(18)28-2)8-15-20(25)30-19(23-15)12-4-5-13(21)16(10-12)24(26)27/h4-5,7-10H,3,6H2,1-2H3/b15-8+. The number of rotatable bonds is 7. The number of aliphatic imine (C=N–C) groups is 1. The highest BCUT2D eigenvalue weighted by molar-refractivity contribution is 14.1. The third kappa shape index (κ3) is 4.73. The molecule has 0 saturated heterocycles. The number of methoxy groups -OCH3 is 1. The van der Waals surface area contributed by atoms with Crippen LogP contribution in [-0.2, 0) is 9.53 Å². The Balaban J connectivity index is 1.96. The molecular weight excluding hydrogens is 527 g/mol. The quantitative estimate of drug-likeness (QED) is 0.161. The molecule has 0 fully saturated rings. The normalized spacial score (nSPS) is 14.5. The van der Waals surface area contributed by atoms with E-state index >= 15 is 0 Å². The molecule has 1 aliphatic rings. The first-order valence-electron chi connectivity index (χ1n) is 8.81. The number of halogens is 2. The lowest BCUT2D eigenvalue weighted by molar-refractivity contribution is -0.384. The molecule has 2 aromatic rings. The predicted molar refractivity (Wildman–Crippen MR) is 120 cm³/mol. The molecule has 0 aliphatic carbocycles. The van der Waals surface area contributed by atoms with E-state index in [9.17, 15) is 14.9 Å². The van der Waals surface area contributed by atoms with Gasteiger partial charge in [-0.15, -0.1) is 0 Å². The number of benzene rings is 2. The van der Waals surface area contributed by atoms with Crippen molar-refractivity contribution < 1.29 is 23.9 Å². The van der Waals surface area contributed by atoms with E-state index in [0.29, 0.717) is 23.7 Å². The van der Waals surface area contributed by atoms with Crippen LogP contribution in [0, 0.1) is 13.7 Å². The maximum absolute atomic E-state index is 12.3. The number of cyclic esters (lactones) is 1. The summed E-state index contributed by atoms with van der Waals surface area (Å²) in [6.07, 6.45) is 2.41. The SMILES string of the molecule is CCCOc1c(I)cc(/C=C2/N=C(c3ccc(Cl)c([N+](=O)[O-])c3)OC2=O)cc1OC. The lowest BCUT2D eigenvalue weighted by Crippen LogP contribution is -2.06. The fraction of sp³-hybridized carbons (Fsp3) is 0.200. The summed E-state index contributed by atoms with van der Waals surface area (Å²) >= 11 is 7.96. The van der Waals surface area contributed by atoms with Gasteiger partial charge in [0.15, 0.2) is 17.2 Å². The first-order chi connectivity index (χ1) is 14.3. The Morgan fingerprint density at radius 2 is 2.10 bits per heavy atom. The monoisotopic (exact) mass is 542 g/mol. The minimum Gasteiger partial charge on any atom is -0.493 e. The first kappa shape index (κ1) is 22.0. The van der Waals surface area contributed by atoms with Crippen molar-refractivity contribution in [1.29, 1.82) is 0 Å². The molecule has 0 spiro atoms. The van der Waals surface area contributed by atoms with Crippen molar-refractivity contribution in [2.75, 3.05) is 13.7 Å². The zero-order valence-corrected chi connectivity index (χ0v) is 18.9. The summed E-state index contributed by atoms with van der Waals surface area (Å²) in [6, 6.07) is 7.62. The van der Waals surface area contributed by atoms with Crippen LogP contribution in [0.5, 0.6) is 11.5 Å². The van der Waals surface area contributed by atoms with Crippen LogP contribution in [0.2, 0.25) is 5.02 Å². The molecule has 3 rings (SSSR count). The van der Waals surface area contributed by atoms with E-state index in [0.717, 1.165) is 9.99 Å². The summed E-state index contributed by atoms with van der Waals surface area (Å²) in [5.74, 6) is 0.471. The summed E-state index contributed by atoms with van der Waals surface area (Å²) in [5, 5.41) is 11.1. The molecule has 8 nitrogen and oxygen atoms in total. The molecule has 156 valence electrons. The van der Waals surface area contributed by atoms with Crippen molar-refractivity contribution in [3.63, 3.8) is 0 Å². The van der Waals surface area contributed by atoms with Crippen LogP contribution < -0.4 is 9.47 Å². The highest BCUT2D eigenvalue weighted by Gasteiger charge is 2.26. The Hall–Kier alpha value is -2.66. The lowest BCUT2D eigenvalue weighted by atomic mass is 10.1. The number of nitro groups is 1. The smallest absolute Gasteiger partial charge is 0.363 e. The van der Waals surface area contributed by atoms with Gasteiger partial charge in [0, 0.05) is 11.6 Å². The van der Waals surface area contributed by atoms with Crippen LogP contribution in [0.4, 0.5) is 5.69 Å². The van der Waals surface area contributed by atoms with Gasteiger partial charge in [-0.3, -0.25) is 10.1 Å². The maximum atomic E-state index is 12.3. The molecule has 0 radical (unpaired) electrons. The van der Waals surface area contributed by atoms with E-state index in [1.165, 1.54) is 25.3 Å². The van der Waals surface area contributed by atoms with Gasteiger partial charge in [-0.2, -0.15) is 0 Å². The molecule has 0 aromatic heterocycles. The van der Waals surface area contributed by atoms with Crippen molar-refractivity contribution in [1.82, 2.24) is 0 Å². The number of carbonyl (C=O) groups is 1. The Bertz CT molecular complexity index is 1080. The van der Waals surface area contributed by atoms with Gasteiger partial charge in [0.2, 0.25) is 5.90 Å². The summed E-state index contributed by atoms with van der Waals surface area (Å²) in [6.45, 7) is 2.56. The van der Waals surface area contributed by atoms with Gasteiger partial charge in [-0.25, -0.2) is 9.79 Å². The summed E-state index contributed by atoms with van der Waals surface area (Å²) in [4.78, 5) is 26.9. The third-order valence-electron chi connectivity index (χ3n) is 4.02. The molecule has 1 aliphatic heterocycles. The number of hydrogen-bond acceptors (Lipinski definition) is 7. The van der Waals surface area contributed by atoms with Gasteiger partial charge in [-0.05, 0) is 64.9 Å². The number of esters is 1. The Morgan fingerprint density at radius 1 is 1.33 bits per heavy atom. The largest absolute Gasteiger partial charge is 0.493 e. The molecule has 10 heteroatoms. The van der Waals surface area contributed by atoms with Gasteiger partial charge in [0.1, 0.15) is 5.02 Å². The molecule has 30 heavy (non-hydrogen) atoms. The van der Waals surface area contributed by atoms with Crippen molar-refractivity contribution >= 4 is 57.8 Å². The van der Waals surface area contributed by atoms with Crippen LogP contribution in [0.3, 0.4) is 0 Å². The number of hydrogen-bond donors (Lipinski definition) is 0. The van der Waals surface area contributed by atoms with Crippen LogP contribution in [0.25, 0.3) is 6.08 Å². The topological polar surface area (TPSA) is 100 Å². The molecular formula is C20H16ClIN2O6. The van der Waals surface area contributed by atoms with E-state index in [4.69, 9.17) is 25.8 Å². The molecule has 0 N–H and O–H groups in total. The van der Waals surface area contributed by atoms with E-state index in [1.807, 2.05) is 13.0 Å². The summed E-state index contributed by atoms with van der Waals surface area (Å²) in [7, 11) is 1.54. The summed E-state index contributed by atoms with van der Waals surface area (Å²) < 4.78 is 17.1. The van der Waals surface area contributed by atoms with Crippen LogP contribution in [0.15, 0.2) is 41.0 Å². The fourth-order valence-corrected chi connectivity index (χ4v) is 3.61. The second kappa shape index (κ2) is 9.43. The zero-order valence-electron chi connectivity index (χ0n) is 16.0. The average molecular weight is 543 g/mol. The Morgan fingerprint density at radius 3 is 2.77 bits per heavy atom. The number of nitrogens with zero attached hydrogens (tertiary/aromatic N) is 2. The minimum absolute atomic E-state index is 0.0171. The van der Waals surface area contributed by atoms with Gasteiger partial charge in [0.25, 0.3) is 5.69 Å². The summed E-state index contributed by atoms with van der Waals surface area (Å²) in [5.41, 5.74) is 0.701. The minimum atomic E-state index is -0.664. The Labute approximate surface area is 190 Å². The van der Waals surface area contributed by atoms with Gasteiger partial charge >= 0.3 is 5.97 Å². The molecule has 1 heterocycles. The van der Waals surface area contributed by atoms with E-state index in [2.05, 4.69) is 27.6 Å². The van der Waals surface area contributed by atoms with Crippen LogP contribution >= 0.6 is 34.2 Å². The number of ether oxygens (including phenoxy) is 3. The van der Waals surface area contributed by atoms with Crippen LogP contribution in [0.1, 0.15) is 24.5 Å². The third-order valence-corrected chi connectivity index (χ3v) is 5.14. The van der Waals surface area contributed by atoms with Crippen molar-refractivity contribution in [2.45, 2.75) is 13.3 Å². The van der Waals surface area contributed by atoms with E-state index in [1.54, 1.807) is 12.1 Å². The second-order valence-corrected chi connectivity index (χ2v) is 7.71. The molecule has 0 unspecified atom stereocenters. The van der Waals surface area contributed by atoms with Crippen molar-refractivity contribution in [2.24, 2.45) is 4.99 Å². The van der Waals surface area contributed by atoms with E-state index < -0.39 is 10.9 Å². The zero-order chi connectivity index (χ0) is 21.8. The lowest BCUT2D eigenvalue weighted by Gasteiger charge is -2.13. The molecule has 0 saturated carbocycles. The highest BCUT2D eigenvalue weighted by atomic mass is 127. The van der Waals surface area contributed by atoms with Gasteiger partial charge in [-0.1, -0.05) is 18.5 Å². The van der Waals surface area contributed by atoms with Gasteiger partial charge in [0.05, 0.1) is 22.2 Å². The molecule has 0 bridgehead atoms. The first-order valence-corrected chi connectivity index (χ1v) is 10.3. The van der Waals surface area contributed by atoms with E-state index in [-0.39, 0.29) is 27.9 Å². The van der Waals surface area contributed by atoms with Crippen molar-refractivity contribution in [3.05, 3.63) is 65.9 Å². The fourth-order valence-electron chi connectivity index (χ4n) is 2.64. The number of nitro benzene ring substituents is 1. The van der Waals surface area contributed by atoms with Gasteiger partial charge < -0.3 is 14.2 Å². The van der Waals surface area contributed by atoms with Crippen LogP contribution in [-0.4, -0.2) is 30.5 Å². The van der Waals surface area contributed by atoms with Crippen molar-refractivity contribution in [3.8, 4) is 11.5 Å². The average Bonchev–Trinajstić information content (AvgIpc) is 3.07.